The van der Waals surface area contributed by atoms with E-state index in [0.29, 0.717) is 21.5 Å². The summed E-state index contributed by atoms with van der Waals surface area (Å²) in [6, 6.07) is 11.9. The van der Waals surface area contributed by atoms with Crippen LogP contribution in [0.15, 0.2) is 51.8 Å². The van der Waals surface area contributed by atoms with E-state index in [0.717, 1.165) is 0 Å². The van der Waals surface area contributed by atoms with Gasteiger partial charge in [-0.3, -0.25) is 0 Å². The van der Waals surface area contributed by atoms with Crippen LogP contribution in [0.1, 0.15) is 5.56 Å². The van der Waals surface area contributed by atoms with Gasteiger partial charge in [0, 0.05) is 11.0 Å². The highest BCUT2D eigenvalue weighted by molar-refractivity contribution is 9.10. The van der Waals surface area contributed by atoms with Crippen LogP contribution in [0.2, 0.25) is 0 Å². The second-order valence-electron chi connectivity index (χ2n) is 4.40. The molecule has 0 aromatic heterocycles. The maximum Gasteiger partial charge on any atom is 0.241 e. The van der Waals surface area contributed by atoms with Crippen LogP contribution in [0.3, 0.4) is 0 Å². The van der Waals surface area contributed by atoms with Gasteiger partial charge in [-0.2, -0.15) is 0 Å². The van der Waals surface area contributed by atoms with E-state index in [9.17, 15) is 8.42 Å². The van der Waals surface area contributed by atoms with Gasteiger partial charge in [0.25, 0.3) is 0 Å². The largest absolute Gasteiger partial charge is 0.496 e. The summed E-state index contributed by atoms with van der Waals surface area (Å²) >= 11 is 3.25. The maximum absolute atomic E-state index is 12.4. The van der Waals surface area contributed by atoms with E-state index < -0.39 is 10.0 Å². The first kappa shape index (κ1) is 16.8. The molecule has 0 saturated heterocycles. The molecule has 0 spiro atoms. The average Bonchev–Trinajstić information content (AvgIpc) is 2.52. The van der Waals surface area contributed by atoms with Gasteiger partial charge in [0.05, 0.1) is 24.7 Å². The normalized spacial score (nSPS) is 11.2. The molecule has 0 saturated carbocycles. The molecule has 1 N–H and O–H groups in total. The van der Waals surface area contributed by atoms with Crippen LogP contribution in [0.25, 0.3) is 0 Å². The molecular weight excluding hydrogens is 370 g/mol. The standard InChI is InChI=1S/C15H16BrNO4S/c1-20-13-7-5-8-14(21-2)11(13)10-17-22(18,19)15-9-4-3-6-12(15)16/h3-9,17H,10H2,1-2H3. The molecule has 0 unspecified atom stereocenters. The SMILES string of the molecule is COc1cccc(OC)c1CNS(=O)(=O)c1ccccc1Br. The summed E-state index contributed by atoms with van der Waals surface area (Å²) in [6.45, 7) is 0.0663. The van der Waals surface area contributed by atoms with E-state index in [1.165, 1.54) is 20.3 Å². The number of hydrogen-bond acceptors (Lipinski definition) is 4. The van der Waals surface area contributed by atoms with Gasteiger partial charge >= 0.3 is 0 Å². The van der Waals surface area contributed by atoms with Crippen LogP contribution in [0.4, 0.5) is 0 Å². The Morgan fingerprint density at radius 2 is 1.59 bits per heavy atom. The number of benzene rings is 2. The predicted octanol–water partition coefficient (Wildman–Crippen LogP) is 2.94. The quantitative estimate of drug-likeness (QED) is 0.829. The predicted molar refractivity (Wildman–Crippen MR) is 87.7 cm³/mol. The fraction of sp³-hybridized carbons (Fsp3) is 0.200. The molecule has 0 heterocycles. The summed E-state index contributed by atoms with van der Waals surface area (Å²) in [4.78, 5) is 0.184. The van der Waals surface area contributed by atoms with Crippen molar-refractivity contribution in [3.05, 3.63) is 52.5 Å². The lowest BCUT2D eigenvalue weighted by Crippen LogP contribution is -2.24. The maximum atomic E-state index is 12.4. The minimum absolute atomic E-state index is 0.0663. The number of hydrogen-bond donors (Lipinski definition) is 1. The molecule has 22 heavy (non-hydrogen) atoms. The van der Waals surface area contributed by atoms with Gasteiger partial charge < -0.3 is 9.47 Å². The number of halogens is 1. The third kappa shape index (κ3) is 3.60. The van der Waals surface area contributed by atoms with Crippen LogP contribution in [0, 0.1) is 0 Å². The lowest BCUT2D eigenvalue weighted by atomic mass is 10.2. The molecule has 7 heteroatoms. The van der Waals surface area contributed by atoms with E-state index in [1.807, 2.05) is 0 Å². The van der Waals surface area contributed by atoms with Crippen molar-refractivity contribution < 1.29 is 17.9 Å². The number of rotatable bonds is 6. The summed E-state index contributed by atoms with van der Waals surface area (Å²) in [7, 11) is -0.590. The Balaban J connectivity index is 2.29. The van der Waals surface area contributed by atoms with Crippen molar-refractivity contribution in [3.63, 3.8) is 0 Å². The zero-order chi connectivity index (χ0) is 16.2. The topological polar surface area (TPSA) is 64.6 Å². The Bertz CT molecular complexity index is 740. The highest BCUT2D eigenvalue weighted by Crippen LogP contribution is 2.29. The Morgan fingerprint density at radius 3 is 2.14 bits per heavy atom. The molecule has 5 nitrogen and oxygen atoms in total. The Labute approximate surface area is 138 Å². The molecule has 0 amide bonds. The molecule has 2 aromatic rings. The molecule has 0 aliphatic rings. The van der Waals surface area contributed by atoms with Crippen LogP contribution in [0.5, 0.6) is 11.5 Å². The number of ether oxygens (including phenoxy) is 2. The molecule has 0 aliphatic carbocycles. The third-order valence-corrected chi connectivity index (χ3v) is 5.51. The van der Waals surface area contributed by atoms with Crippen molar-refractivity contribution in [3.8, 4) is 11.5 Å². The van der Waals surface area contributed by atoms with Gasteiger partial charge in [0.2, 0.25) is 10.0 Å². The van der Waals surface area contributed by atoms with Crippen molar-refractivity contribution in [2.45, 2.75) is 11.4 Å². The number of methoxy groups -OCH3 is 2. The molecule has 2 aromatic carbocycles. The van der Waals surface area contributed by atoms with Gasteiger partial charge in [0.15, 0.2) is 0 Å². The lowest BCUT2D eigenvalue weighted by molar-refractivity contribution is 0.384. The van der Waals surface area contributed by atoms with Gasteiger partial charge in [-0.1, -0.05) is 18.2 Å². The Kier molecular flexibility index (Phi) is 5.44. The van der Waals surface area contributed by atoms with Gasteiger partial charge in [0.1, 0.15) is 11.5 Å². The van der Waals surface area contributed by atoms with Crippen molar-refractivity contribution in [1.82, 2.24) is 4.72 Å². The first-order valence-electron chi connectivity index (χ1n) is 6.43. The molecule has 2 rings (SSSR count). The second-order valence-corrected chi connectivity index (χ2v) is 6.99. The Morgan fingerprint density at radius 1 is 1.00 bits per heavy atom. The first-order chi connectivity index (χ1) is 10.5. The molecular formula is C15H16BrNO4S. The smallest absolute Gasteiger partial charge is 0.241 e. The lowest BCUT2D eigenvalue weighted by Gasteiger charge is -2.14. The number of sulfonamides is 1. The van der Waals surface area contributed by atoms with Crippen LogP contribution < -0.4 is 14.2 Å². The average molecular weight is 386 g/mol. The van der Waals surface area contributed by atoms with Crippen molar-refractivity contribution in [2.75, 3.05) is 14.2 Å². The fourth-order valence-electron chi connectivity index (χ4n) is 2.01. The van der Waals surface area contributed by atoms with E-state index in [1.54, 1.807) is 36.4 Å². The van der Waals surface area contributed by atoms with E-state index in [-0.39, 0.29) is 11.4 Å². The van der Waals surface area contributed by atoms with Gasteiger partial charge in [-0.05, 0) is 40.2 Å². The highest BCUT2D eigenvalue weighted by Gasteiger charge is 2.19. The van der Waals surface area contributed by atoms with E-state index in [2.05, 4.69) is 20.7 Å². The van der Waals surface area contributed by atoms with Crippen LogP contribution in [-0.2, 0) is 16.6 Å². The first-order valence-corrected chi connectivity index (χ1v) is 8.71. The summed E-state index contributed by atoms with van der Waals surface area (Å²) in [5, 5.41) is 0. The van der Waals surface area contributed by atoms with E-state index >= 15 is 0 Å². The minimum Gasteiger partial charge on any atom is -0.496 e. The Hall–Kier alpha value is -1.57. The van der Waals surface area contributed by atoms with Crippen molar-refractivity contribution in [1.29, 1.82) is 0 Å². The molecule has 0 fully saturated rings. The fourth-order valence-corrected chi connectivity index (χ4v) is 4.01. The molecule has 118 valence electrons. The minimum atomic E-state index is -3.65. The van der Waals surface area contributed by atoms with Gasteiger partial charge in [-0.25, -0.2) is 13.1 Å². The molecule has 0 radical (unpaired) electrons. The monoisotopic (exact) mass is 385 g/mol. The van der Waals surface area contributed by atoms with Crippen molar-refractivity contribution in [2.24, 2.45) is 0 Å². The number of nitrogens with one attached hydrogen (secondary N) is 1. The second kappa shape index (κ2) is 7.13. The summed E-state index contributed by atoms with van der Waals surface area (Å²) in [5.74, 6) is 1.13. The third-order valence-electron chi connectivity index (χ3n) is 3.10. The molecule has 0 atom stereocenters. The van der Waals surface area contributed by atoms with Crippen LogP contribution in [-0.4, -0.2) is 22.6 Å². The van der Waals surface area contributed by atoms with Gasteiger partial charge in [-0.15, -0.1) is 0 Å². The highest BCUT2D eigenvalue weighted by atomic mass is 79.9. The molecule has 0 bridgehead atoms. The van der Waals surface area contributed by atoms with Crippen LogP contribution >= 0.6 is 15.9 Å². The van der Waals surface area contributed by atoms with Crippen molar-refractivity contribution >= 4 is 26.0 Å². The summed E-state index contributed by atoms with van der Waals surface area (Å²) in [6.07, 6.45) is 0. The summed E-state index contributed by atoms with van der Waals surface area (Å²) < 4.78 is 38.4. The zero-order valence-corrected chi connectivity index (χ0v) is 14.6. The molecule has 0 aliphatic heterocycles. The van der Waals surface area contributed by atoms with E-state index in [4.69, 9.17) is 9.47 Å². The zero-order valence-electron chi connectivity index (χ0n) is 12.2. The summed E-state index contributed by atoms with van der Waals surface area (Å²) in [5.41, 5.74) is 0.642.